The van der Waals surface area contributed by atoms with E-state index in [9.17, 15) is 9.18 Å². The van der Waals surface area contributed by atoms with Crippen LogP contribution < -0.4 is 11.3 Å². The molecule has 19 heavy (non-hydrogen) atoms. The van der Waals surface area contributed by atoms with Crippen LogP contribution in [0.2, 0.25) is 0 Å². The van der Waals surface area contributed by atoms with E-state index in [1.807, 2.05) is 5.43 Å². The summed E-state index contributed by atoms with van der Waals surface area (Å²) in [6.45, 7) is 0.590. The van der Waals surface area contributed by atoms with Gasteiger partial charge in [-0.25, -0.2) is 10.2 Å². The summed E-state index contributed by atoms with van der Waals surface area (Å²) in [4.78, 5) is 12.1. The molecule has 0 bridgehead atoms. The number of thioether (sulfide) groups is 1. The van der Waals surface area contributed by atoms with Gasteiger partial charge in [-0.1, -0.05) is 5.21 Å². The number of benzene rings is 1. The summed E-state index contributed by atoms with van der Waals surface area (Å²) in [6.07, 6.45) is 1.52. The first-order valence-electron chi connectivity index (χ1n) is 5.48. The number of nitrogens with zero attached hydrogens (tertiary/aromatic N) is 3. The average molecular weight is 281 g/mol. The summed E-state index contributed by atoms with van der Waals surface area (Å²) in [5, 5.41) is 7.49. The Kier molecular flexibility index (Phi) is 4.48. The third-order valence-corrected chi connectivity index (χ3v) is 3.30. The van der Waals surface area contributed by atoms with Gasteiger partial charge < -0.3 is 0 Å². The number of aryl methyl sites for hydroxylation is 1. The molecule has 0 saturated heterocycles. The summed E-state index contributed by atoms with van der Waals surface area (Å²) in [6, 6.07) is 6.27. The molecule has 0 radical (unpaired) electrons. The van der Waals surface area contributed by atoms with Gasteiger partial charge in [0.2, 0.25) is 0 Å². The van der Waals surface area contributed by atoms with Gasteiger partial charge in [0.05, 0.1) is 12.7 Å². The fourth-order valence-corrected chi connectivity index (χ4v) is 2.22. The van der Waals surface area contributed by atoms with Gasteiger partial charge in [-0.2, -0.15) is 0 Å². The Hall–Kier alpha value is -1.93. The minimum Gasteiger partial charge on any atom is -0.289 e. The van der Waals surface area contributed by atoms with Crippen molar-refractivity contribution < 1.29 is 9.18 Å². The van der Waals surface area contributed by atoms with Crippen molar-refractivity contribution in [3.63, 3.8) is 0 Å². The number of nitrogens with one attached hydrogen (secondary N) is 1. The maximum Gasteiger partial charge on any atom is 0.287 e. The number of carbonyl (C=O) groups is 1. The molecule has 0 aliphatic heterocycles. The van der Waals surface area contributed by atoms with Crippen LogP contribution in [0.25, 0.3) is 0 Å². The van der Waals surface area contributed by atoms with Crippen molar-refractivity contribution in [2.45, 2.75) is 11.4 Å². The van der Waals surface area contributed by atoms with Crippen molar-refractivity contribution >= 4 is 17.7 Å². The van der Waals surface area contributed by atoms with Crippen LogP contribution >= 0.6 is 11.8 Å². The van der Waals surface area contributed by atoms with E-state index in [-0.39, 0.29) is 11.5 Å². The minimum atomic E-state index is -0.475. The Bertz CT molecular complexity index is 556. The van der Waals surface area contributed by atoms with Crippen LogP contribution in [0, 0.1) is 5.82 Å². The van der Waals surface area contributed by atoms with Crippen LogP contribution in [0.1, 0.15) is 10.5 Å². The lowest BCUT2D eigenvalue weighted by Crippen LogP contribution is -2.30. The van der Waals surface area contributed by atoms with Crippen LogP contribution in [-0.4, -0.2) is 26.7 Å². The first-order valence-corrected chi connectivity index (χ1v) is 6.47. The van der Waals surface area contributed by atoms with Gasteiger partial charge in [-0.3, -0.25) is 14.9 Å². The summed E-state index contributed by atoms with van der Waals surface area (Å²) >= 11 is 1.57. The van der Waals surface area contributed by atoms with Gasteiger partial charge in [0.1, 0.15) is 5.82 Å². The fourth-order valence-electron chi connectivity index (χ4n) is 1.37. The SMILES string of the molecule is NNC(=O)c1cn(CCSc2ccc(F)cc2)nn1. The fraction of sp³-hybridized carbons (Fsp3) is 0.182. The molecule has 2 rings (SSSR count). The highest BCUT2D eigenvalue weighted by Crippen LogP contribution is 2.18. The van der Waals surface area contributed by atoms with Crippen molar-refractivity contribution in [3.8, 4) is 0 Å². The van der Waals surface area contributed by atoms with Crippen molar-refractivity contribution in [2.24, 2.45) is 5.84 Å². The van der Waals surface area contributed by atoms with Gasteiger partial charge in [0.25, 0.3) is 5.91 Å². The number of rotatable bonds is 5. The summed E-state index contributed by atoms with van der Waals surface area (Å²) in [5.74, 6) is 5.00. The van der Waals surface area contributed by atoms with Crippen molar-refractivity contribution in [1.29, 1.82) is 0 Å². The third-order valence-electron chi connectivity index (χ3n) is 2.31. The van der Waals surface area contributed by atoms with Crippen molar-refractivity contribution in [3.05, 3.63) is 42.0 Å². The predicted octanol–water partition coefficient (Wildman–Crippen LogP) is 0.813. The largest absolute Gasteiger partial charge is 0.289 e. The van der Waals surface area contributed by atoms with Crippen LogP contribution in [0.15, 0.2) is 35.4 Å². The number of hydrazine groups is 1. The van der Waals surface area contributed by atoms with E-state index in [1.54, 1.807) is 28.6 Å². The predicted molar refractivity (Wildman–Crippen MR) is 68.8 cm³/mol. The summed E-state index contributed by atoms with van der Waals surface area (Å²) in [5.41, 5.74) is 2.16. The molecule has 0 unspecified atom stereocenters. The number of carbonyl (C=O) groups excluding carboxylic acids is 1. The van der Waals surface area contributed by atoms with Gasteiger partial charge in [0, 0.05) is 10.6 Å². The topological polar surface area (TPSA) is 85.8 Å². The molecule has 6 nitrogen and oxygen atoms in total. The lowest BCUT2D eigenvalue weighted by atomic mass is 10.4. The molecule has 3 N–H and O–H groups in total. The molecule has 1 aromatic carbocycles. The van der Waals surface area contributed by atoms with E-state index in [1.165, 1.54) is 18.3 Å². The van der Waals surface area contributed by atoms with Crippen molar-refractivity contribution in [1.82, 2.24) is 20.4 Å². The average Bonchev–Trinajstić information content (AvgIpc) is 2.89. The van der Waals surface area contributed by atoms with E-state index >= 15 is 0 Å². The third kappa shape index (κ3) is 3.76. The molecule has 0 spiro atoms. The first kappa shape index (κ1) is 13.5. The maximum absolute atomic E-state index is 12.7. The smallest absolute Gasteiger partial charge is 0.287 e. The van der Waals surface area contributed by atoms with E-state index in [0.29, 0.717) is 6.54 Å². The van der Waals surface area contributed by atoms with Crippen LogP contribution in [0.3, 0.4) is 0 Å². The lowest BCUT2D eigenvalue weighted by Gasteiger charge is -2.01. The molecule has 1 aromatic heterocycles. The summed E-state index contributed by atoms with van der Waals surface area (Å²) in [7, 11) is 0. The Morgan fingerprint density at radius 1 is 1.42 bits per heavy atom. The van der Waals surface area contributed by atoms with Crippen LogP contribution in [-0.2, 0) is 6.54 Å². The zero-order chi connectivity index (χ0) is 13.7. The van der Waals surface area contributed by atoms with Crippen LogP contribution in [0.5, 0.6) is 0 Å². The number of amides is 1. The molecule has 0 atom stereocenters. The van der Waals surface area contributed by atoms with E-state index < -0.39 is 5.91 Å². The first-order chi connectivity index (χ1) is 9.19. The molecule has 2 aromatic rings. The minimum absolute atomic E-state index is 0.175. The van der Waals surface area contributed by atoms with E-state index in [0.717, 1.165) is 10.6 Å². The molecule has 1 heterocycles. The van der Waals surface area contributed by atoms with Gasteiger partial charge in [0.15, 0.2) is 5.69 Å². The molecule has 1 amide bonds. The number of aromatic nitrogens is 3. The number of hydrogen-bond acceptors (Lipinski definition) is 5. The zero-order valence-corrected chi connectivity index (χ0v) is 10.7. The summed E-state index contributed by atoms with van der Waals surface area (Å²) < 4.78 is 14.3. The number of hydrogen-bond donors (Lipinski definition) is 2. The zero-order valence-electron chi connectivity index (χ0n) is 9.91. The quantitative estimate of drug-likeness (QED) is 0.367. The second-order valence-corrected chi connectivity index (χ2v) is 4.81. The molecular formula is C11H12FN5OS. The molecule has 0 aliphatic rings. The van der Waals surface area contributed by atoms with E-state index in [4.69, 9.17) is 5.84 Å². The second-order valence-electron chi connectivity index (χ2n) is 3.64. The highest BCUT2D eigenvalue weighted by Gasteiger charge is 2.08. The second kappa shape index (κ2) is 6.30. The Labute approximate surface area is 113 Å². The molecule has 0 saturated carbocycles. The Balaban J connectivity index is 1.84. The monoisotopic (exact) mass is 281 g/mol. The molecule has 0 aliphatic carbocycles. The Morgan fingerprint density at radius 2 is 2.16 bits per heavy atom. The number of nitrogens with two attached hydrogens (primary N) is 1. The molecule has 8 heteroatoms. The number of halogens is 1. The van der Waals surface area contributed by atoms with Gasteiger partial charge in [-0.15, -0.1) is 16.9 Å². The van der Waals surface area contributed by atoms with Crippen molar-refractivity contribution in [2.75, 3.05) is 5.75 Å². The lowest BCUT2D eigenvalue weighted by molar-refractivity contribution is 0.0948. The van der Waals surface area contributed by atoms with Crippen LogP contribution in [0.4, 0.5) is 4.39 Å². The Morgan fingerprint density at radius 3 is 2.84 bits per heavy atom. The van der Waals surface area contributed by atoms with Gasteiger partial charge >= 0.3 is 0 Å². The standard InChI is InChI=1S/C11H12FN5OS/c12-8-1-3-9(4-2-8)19-6-5-17-7-10(15-16-17)11(18)14-13/h1-4,7H,5-6,13H2,(H,14,18). The van der Waals surface area contributed by atoms with Gasteiger partial charge in [-0.05, 0) is 24.3 Å². The normalized spacial score (nSPS) is 10.4. The molecule has 0 fully saturated rings. The van der Waals surface area contributed by atoms with E-state index in [2.05, 4.69) is 10.3 Å². The highest BCUT2D eigenvalue weighted by atomic mass is 32.2. The molecular weight excluding hydrogens is 269 g/mol. The highest BCUT2D eigenvalue weighted by molar-refractivity contribution is 7.99. The molecule has 100 valence electrons. The maximum atomic E-state index is 12.7. The number of nitrogen functional groups attached to an aromatic ring is 1.